The van der Waals surface area contributed by atoms with Gasteiger partial charge in [0.05, 0.1) is 11.3 Å². The van der Waals surface area contributed by atoms with Crippen LogP contribution in [0.25, 0.3) is 0 Å². The summed E-state index contributed by atoms with van der Waals surface area (Å²) >= 11 is 3.12. The zero-order chi connectivity index (χ0) is 13.8. The van der Waals surface area contributed by atoms with Crippen LogP contribution in [-0.4, -0.2) is 26.0 Å². The maximum absolute atomic E-state index is 11.6. The van der Waals surface area contributed by atoms with E-state index < -0.39 is 16.2 Å². The van der Waals surface area contributed by atoms with Crippen LogP contribution in [0.1, 0.15) is 23.7 Å². The lowest BCUT2D eigenvalue weighted by Gasteiger charge is -2.09. The van der Waals surface area contributed by atoms with Crippen LogP contribution in [0, 0.1) is 0 Å². The lowest BCUT2D eigenvalue weighted by molar-refractivity contribution is 0.0697. The summed E-state index contributed by atoms with van der Waals surface area (Å²) in [5.41, 5.74) is 0.183. The highest BCUT2D eigenvalue weighted by molar-refractivity contribution is 9.10. The van der Waals surface area contributed by atoms with Gasteiger partial charge in [0.1, 0.15) is 0 Å². The third-order valence-electron chi connectivity index (χ3n) is 1.94. The Bertz CT molecular complexity index is 545. The molecule has 3 N–H and O–H groups in total. The van der Waals surface area contributed by atoms with E-state index in [0.29, 0.717) is 17.4 Å². The Hall–Kier alpha value is -1.12. The number of carbonyl (C=O) groups is 1. The maximum Gasteiger partial charge on any atom is 0.335 e. The molecule has 0 bridgehead atoms. The summed E-state index contributed by atoms with van der Waals surface area (Å²) in [6.45, 7) is 2.15. The number of benzene rings is 1. The molecule has 0 aliphatic rings. The van der Waals surface area contributed by atoms with Gasteiger partial charge in [-0.2, -0.15) is 13.1 Å². The molecule has 0 heterocycles. The van der Waals surface area contributed by atoms with Crippen LogP contribution in [-0.2, 0) is 10.2 Å². The van der Waals surface area contributed by atoms with Crippen LogP contribution in [0.15, 0.2) is 22.7 Å². The minimum absolute atomic E-state index is 0.00225. The van der Waals surface area contributed by atoms with Crippen LogP contribution < -0.4 is 9.44 Å². The molecule has 1 rings (SSSR count). The SMILES string of the molecule is CCCNS(=O)(=O)Nc1cc(Br)cc(C(=O)O)c1. The van der Waals surface area contributed by atoms with Crippen molar-refractivity contribution in [3.8, 4) is 0 Å². The third-order valence-corrected chi connectivity index (χ3v) is 3.49. The van der Waals surface area contributed by atoms with Gasteiger partial charge in [-0.15, -0.1) is 0 Å². The number of aromatic carboxylic acids is 1. The lowest BCUT2D eigenvalue weighted by Crippen LogP contribution is -2.30. The van der Waals surface area contributed by atoms with Gasteiger partial charge in [-0.3, -0.25) is 4.72 Å². The second-order valence-corrected chi connectivity index (χ2v) is 5.95. The molecular formula is C10H13BrN2O4S. The summed E-state index contributed by atoms with van der Waals surface area (Å²) in [4.78, 5) is 10.8. The summed E-state index contributed by atoms with van der Waals surface area (Å²) in [7, 11) is -3.67. The molecule has 1 aromatic rings. The van der Waals surface area contributed by atoms with E-state index in [-0.39, 0.29) is 11.3 Å². The van der Waals surface area contributed by atoms with E-state index in [9.17, 15) is 13.2 Å². The highest BCUT2D eigenvalue weighted by Gasteiger charge is 2.11. The second-order valence-electron chi connectivity index (χ2n) is 3.53. The number of carboxylic acids is 1. The Morgan fingerprint density at radius 2 is 2.06 bits per heavy atom. The molecule has 0 aromatic heterocycles. The molecule has 6 nitrogen and oxygen atoms in total. The summed E-state index contributed by atoms with van der Waals surface area (Å²) in [5.74, 6) is -1.13. The number of rotatable bonds is 6. The van der Waals surface area contributed by atoms with Crippen molar-refractivity contribution in [3.05, 3.63) is 28.2 Å². The average Bonchev–Trinajstić information content (AvgIpc) is 2.25. The molecule has 100 valence electrons. The van der Waals surface area contributed by atoms with Crippen molar-refractivity contribution in [1.29, 1.82) is 0 Å². The fourth-order valence-corrected chi connectivity index (χ4v) is 2.67. The zero-order valence-electron chi connectivity index (χ0n) is 9.60. The number of hydrogen-bond acceptors (Lipinski definition) is 3. The fourth-order valence-electron chi connectivity index (χ4n) is 1.20. The number of hydrogen-bond donors (Lipinski definition) is 3. The van der Waals surface area contributed by atoms with E-state index >= 15 is 0 Å². The van der Waals surface area contributed by atoms with Crippen molar-refractivity contribution < 1.29 is 18.3 Å². The van der Waals surface area contributed by atoms with E-state index in [4.69, 9.17) is 5.11 Å². The number of halogens is 1. The standard InChI is InChI=1S/C10H13BrN2O4S/c1-2-3-12-18(16,17)13-9-5-7(10(14)15)4-8(11)6-9/h4-6,12-13H,2-3H2,1H3,(H,14,15). The topological polar surface area (TPSA) is 95.5 Å². The third kappa shape index (κ3) is 4.63. The lowest BCUT2D eigenvalue weighted by atomic mass is 10.2. The van der Waals surface area contributed by atoms with Gasteiger partial charge in [0, 0.05) is 11.0 Å². The molecule has 0 unspecified atom stereocenters. The van der Waals surface area contributed by atoms with Crippen LogP contribution >= 0.6 is 15.9 Å². The van der Waals surface area contributed by atoms with Crippen LogP contribution in [0.2, 0.25) is 0 Å². The number of carboxylic acid groups (broad SMARTS) is 1. The molecule has 0 aliphatic heterocycles. The Morgan fingerprint density at radius 1 is 1.39 bits per heavy atom. The first kappa shape index (κ1) is 14.9. The van der Waals surface area contributed by atoms with Crippen molar-refractivity contribution >= 4 is 37.8 Å². The quantitative estimate of drug-likeness (QED) is 0.738. The molecule has 0 spiro atoms. The molecule has 0 radical (unpaired) electrons. The second kappa shape index (κ2) is 6.17. The Morgan fingerprint density at radius 3 is 2.61 bits per heavy atom. The van der Waals surface area contributed by atoms with Gasteiger partial charge in [0.25, 0.3) is 10.2 Å². The highest BCUT2D eigenvalue weighted by atomic mass is 79.9. The first-order chi connectivity index (χ1) is 8.34. The van der Waals surface area contributed by atoms with Gasteiger partial charge in [0.15, 0.2) is 0 Å². The number of anilines is 1. The van der Waals surface area contributed by atoms with Gasteiger partial charge in [-0.1, -0.05) is 22.9 Å². The van der Waals surface area contributed by atoms with Crippen LogP contribution in [0.3, 0.4) is 0 Å². The van der Waals surface area contributed by atoms with Crippen molar-refractivity contribution in [2.45, 2.75) is 13.3 Å². The minimum Gasteiger partial charge on any atom is -0.478 e. The Labute approximate surface area is 114 Å². The highest BCUT2D eigenvalue weighted by Crippen LogP contribution is 2.20. The Kier molecular flexibility index (Phi) is 5.12. The van der Waals surface area contributed by atoms with E-state index in [2.05, 4.69) is 25.4 Å². The smallest absolute Gasteiger partial charge is 0.335 e. The molecule has 1 aromatic carbocycles. The molecule has 18 heavy (non-hydrogen) atoms. The minimum atomic E-state index is -3.67. The average molecular weight is 337 g/mol. The summed E-state index contributed by atoms with van der Waals surface area (Å²) in [6.07, 6.45) is 0.666. The first-order valence-electron chi connectivity index (χ1n) is 5.15. The van der Waals surface area contributed by atoms with Gasteiger partial charge >= 0.3 is 5.97 Å². The molecule has 0 fully saturated rings. The normalized spacial score (nSPS) is 11.2. The molecule has 0 atom stereocenters. The van der Waals surface area contributed by atoms with Crippen molar-refractivity contribution in [2.75, 3.05) is 11.3 Å². The van der Waals surface area contributed by atoms with Gasteiger partial charge in [-0.05, 0) is 24.6 Å². The van der Waals surface area contributed by atoms with E-state index in [1.165, 1.54) is 18.2 Å². The first-order valence-corrected chi connectivity index (χ1v) is 7.43. The van der Waals surface area contributed by atoms with Crippen LogP contribution in [0.5, 0.6) is 0 Å². The molecule has 0 saturated heterocycles. The van der Waals surface area contributed by atoms with Crippen LogP contribution in [0.4, 0.5) is 5.69 Å². The van der Waals surface area contributed by atoms with E-state index in [0.717, 1.165) is 0 Å². The largest absolute Gasteiger partial charge is 0.478 e. The molecular weight excluding hydrogens is 324 g/mol. The molecule has 0 aliphatic carbocycles. The van der Waals surface area contributed by atoms with Gasteiger partial charge in [0.2, 0.25) is 0 Å². The maximum atomic E-state index is 11.6. The monoisotopic (exact) mass is 336 g/mol. The number of nitrogens with one attached hydrogen (secondary N) is 2. The summed E-state index contributed by atoms with van der Waals surface area (Å²) < 4.78 is 28.2. The Balaban J connectivity index is 2.94. The predicted octanol–water partition coefficient (Wildman–Crippen LogP) is 1.80. The van der Waals surface area contributed by atoms with Crippen molar-refractivity contribution in [1.82, 2.24) is 4.72 Å². The van der Waals surface area contributed by atoms with E-state index in [1.54, 1.807) is 0 Å². The summed E-state index contributed by atoms with van der Waals surface area (Å²) in [6, 6.07) is 4.12. The molecule has 8 heteroatoms. The van der Waals surface area contributed by atoms with Gasteiger partial charge < -0.3 is 5.11 Å². The van der Waals surface area contributed by atoms with Crippen molar-refractivity contribution in [2.24, 2.45) is 0 Å². The zero-order valence-corrected chi connectivity index (χ0v) is 12.0. The molecule has 0 saturated carbocycles. The van der Waals surface area contributed by atoms with Gasteiger partial charge in [-0.25, -0.2) is 4.79 Å². The van der Waals surface area contributed by atoms with E-state index in [1.807, 2.05) is 6.92 Å². The predicted molar refractivity (Wildman–Crippen MR) is 71.9 cm³/mol. The summed E-state index contributed by atoms with van der Waals surface area (Å²) in [5, 5.41) is 8.86. The fraction of sp³-hybridized carbons (Fsp3) is 0.300. The molecule has 0 amide bonds. The van der Waals surface area contributed by atoms with Crippen molar-refractivity contribution in [3.63, 3.8) is 0 Å².